The van der Waals surface area contributed by atoms with Crippen molar-refractivity contribution in [2.45, 2.75) is 0 Å². The molecule has 1 aromatic rings. The molecule has 0 saturated carbocycles. The Kier molecular flexibility index (Phi) is 3.52. The van der Waals surface area contributed by atoms with Crippen molar-refractivity contribution in [3.05, 3.63) is 24.0 Å². The van der Waals surface area contributed by atoms with Crippen LogP contribution < -0.4 is 10.1 Å². The minimum Gasteiger partial charge on any atom is -0.494 e. The van der Waals surface area contributed by atoms with Crippen LogP contribution in [0.4, 0.5) is 10.1 Å². The van der Waals surface area contributed by atoms with Crippen molar-refractivity contribution in [1.29, 1.82) is 0 Å². The number of ether oxygens (including phenoxy) is 1. The van der Waals surface area contributed by atoms with Crippen LogP contribution in [0.3, 0.4) is 0 Å². The zero-order valence-corrected chi connectivity index (χ0v) is 7.38. The van der Waals surface area contributed by atoms with Gasteiger partial charge in [-0.25, -0.2) is 4.39 Å². The van der Waals surface area contributed by atoms with Gasteiger partial charge in [-0.3, -0.25) is 0 Å². The molecular weight excluding hydrogens is 173 g/mol. The largest absolute Gasteiger partial charge is 0.494 e. The molecule has 0 saturated heterocycles. The van der Waals surface area contributed by atoms with E-state index in [9.17, 15) is 4.39 Å². The second-order valence-electron chi connectivity index (χ2n) is 2.49. The molecule has 0 aliphatic carbocycles. The zero-order valence-electron chi connectivity index (χ0n) is 7.38. The normalized spacial score (nSPS) is 9.77. The van der Waals surface area contributed by atoms with Crippen LogP contribution in [0.15, 0.2) is 18.2 Å². The molecule has 0 spiro atoms. The lowest BCUT2D eigenvalue weighted by atomic mass is 10.3. The van der Waals surface area contributed by atoms with Crippen LogP contribution in [0.2, 0.25) is 0 Å². The predicted molar refractivity (Wildman–Crippen MR) is 48.5 cm³/mol. The third-order valence-electron chi connectivity index (χ3n) is 1.59. The molecule has 0 amide bonds. The minimum atomic E-state index is -0.341. The van der Waals surface area contributed by atoms with Gasteiger partial charge in [0.05, 0.1) is 19.4 Å². The van der Waals surface area contributed by atoms with Crippen LogP contribution >= 0.6 is 0 Å². The minimum absolute atomic E-state index is 0.0283. The molecule has 3 nitrogen and oxygen atoms in total. The van der Waals surface area contributed by atoms with Crippen molar-refractivity contribution in [3.63, 3.8) is 0 Å². The molecule has 0 radical (unpaired) electrons. The van der Waals surface area contributed by atoms with Crippen LogP contribution in [-0.4, -0.2) is 25.4 Å². The highest BCUT2D eigenvalue weighted by Gasteiger charge is 2.02. The van der Waals surface area contributed by atoms with Crippen molar-refractivity contribution >= 4 is 5.69 Å². The molecule has 0 aliphatic rings. The van der Waals surface area contributed by atoms with Crippen molar-refractivity contribution in [2.24, 2.45) is 0 Å². The van der Waals surface area contributed by atoms with Gasteiger partial charge in [0, 0.05) is 12.6 Å². The van der Waals surface area contributed by atoms with E-state index >= 15 is 0 Å². The number of aliphatic hydroxyl groups excluding tert-OH is 1. The lowest BCUT2D eigenvalue weighted by Gasteiger charge is -2.09. The summed E-state index contributed by atoms with van der Waals surface area (Å²) in [4.78, 5) is 0. The summed E-state index contributed by atoms with van der Waals surface area (Å²) in [6.07, 6.45) is 0. The Morgan fingerprint density at radius 1 is 1.54 bits per heavy atom. The first kappa shape index (κ1) is 9.80. The highest BCUT2D eigenvalue weighted by molar-refractivity contribution is 5.56. The van der Waals surface area contributed by atoms with Gasteiger partial charge in [-0.05, 0) is 12.1 Å². The molecule has 13 heavy (non-hydrogen) atoms. The molecule has 0 fully saturated rings. The number of methoxy groups -OCH3 is 1. The second kappa shape index (κ2) is 4.67. The van der Waals surface area contributed by atoms with Gasteiger partial charge in [-0.2, -0.15) is 0 Å². The smallest absolute Gasteiger partial charge is 0.144 e. The molecule has 4 heteroatoms. The number of benzene rings is 1. The lowest BCUT2D eigenvalue weighted by Crippen LogP contribution is -2.06. The van der Waals surface area contributed by atoms with Crippen LogP contribution in [0.5, 0.6) is 5.75 Å². The van der Waals surface area contributed by atoms with E-state index in [0.29, 0.717) is 18.0 Å². The Bertz CT molecular complexity index is 278. The summed E-state index contributed by atoms with van der Waals surface area (Å²) in [7, 11) is 1.47. The fourth-order valence-electron chi connectivity index (χ4n) is 1.00. The van der Waals surface area contributed by atoms with E-state index in [-0.39, 0.29) is 12.4 Å². The molecule has 2 N–H and O–H groups in total. The van der Waals surface area contributed by atoms with Crippen LogP contribution in [0, 0.1) is 5.82 Å². The average Bonchev–Trinajstić information content (AvgIpc) is 2.16. The quantitative estimate of drug-likeness (QED) is 0.741. The predicted octanol–water partition coefficient (Wildman–Crippen LogP) is 1.24. The number of halogens is 1. The topological polar surface area (TPSA) is 41.5 Å². The number of nitrogens with one attached hydrogen (secondary N) is 1. The van der Waals surface area contributed by atoms with E-state index in [2.05, 4.69) is 5.32 Å². The SMILES string of the molecule is COc1cc(F)ccc1NCCO. The second-order valence-corrected chi connectivity index (χ2v) is 2.49. The first-order valence-corrected chi connectivity index (χ1v) is 3.96. The summed E-state index contributed by atoms with van der Waals surface area (Å²) in [5.41, 5.74) is 0.679. The first-order chi connectivity index (χ1) is 6.27. The first-order valence-electron chi connectivity index (χ1n) is 3.96. The molecule has 0 heterocycles. The fourth-order valence-corrected chi connectivity index (χ4v) is 1.00. The van der Waals surface area contributed by atoms with Gasteiger partial charge in [0.1, 0.15) is 11.6 Å². The van der Waals surface area contributed by atoms with Gasteiger partial charge in [0.2, 0.25) is 0 Å². The molecular formula is C9H12FNO2. The maximum absolute atomic E-state index is 12.7. The molecule has 0 aliphatic heterocycles. The van der Waals surface area contributed by atoms with E-state index in [1.807, 2.05) is 0 Å². The molecule has 1 aromatic carbocycles. The summed E-state index contributed by atoms with van der Waals surface area (Å²) in [5.74, 6) is 0.0971. The number of hydrogen-bond donors (Lipinski definition) is 2. The van der Waals surface area contributed by atoms with Crippen molar-refractivity contribution in [1.82, 2.24) is 0 Å². The van der Waals surface area contributed by atoms with Gasteiger partial charge in [0.25, 0.3) is 0 Å². The van der Waals surface area contributed by atoms with Crippen molar-refractivity contribution in [3.8, 4) is 5.75 Å². The molecule has 1 rings (SSSR count). The molecule has 0 atom stereocenters. The Hall–Kier alpha value is -1.29. The Balaban J connectivity index is 2.79. The number of rotatable bonds is 4. The fraction of sp³-hybridized carbons (Fsp3) is 0.333. The van der Waals surface area contributed by atoms with E-state index in [0.717, 1.165) is 0 Å². The Labute approximate surface area is 76.1 Å². The van der Waals surface area contributed by atoms with Crippen LogP contribution in [-0.2, 0) is 0 Å². The van der Waals surface area contributed by atoms with E-state index in [1.165, 1.54) is 19.2 Å². The highest BCUT2D eigenvalue weighted by Crippen LogP contribution is 2.24. The molecule has 0 aromatic heterocycles. The highest BCUT2D eigenvalue weighted by atomic mass is 19.1. The molecule has 0 unspecified atom stereocenters. The van der Waals surface area contributed by atoms with Gasteiger partial charge < -0.3 is 15.2 Å². The summed E-state index contributed by atoms with van der Waals surface area (Å²) in [5, 5.41) is 11.5. The van der Waals surface area contributed by atoms with Crippen LogP contribution in [0.25, 0.3) is 0 Å². The van der Waals surface area contributed by atoms with Gasteiger partial charge in [-0.1, -0.05) is 0 Å². The monoisotopic (exact) mass is 185 g/mol. The van der Waals surface area contributed by atoms with E-state index in [1.54, 1.807) is 6.07 Å². The number of hydrogen-bond acceptors (Lipinski definition) is 3. The molecule has 0 bridgehead atoms. The Morgan fingerprint density at radius 2 is 2.31 bits per heavy atom. The van der Waals surface area contributed by atoms with Gasteiger partial charge >= 0.3 is 0 Å². The Morgan fingerprint density at radius 3 is 2.92 bits per heavy atom. The maximum Gasteiger partial charge on any atom is 0.144 e. The average molecular weight is 185 g/mol. The summed E-state index contributed by atoms with van der Waals surface area (Å²) in [6.45, 7) is 0.447. The van der Waals surface area contributed by atoms with Crippen molar-refractivity contribution < 1.29 is 14.2 Å². The summed E-state index contributed by atoms with van der Waals surface area (Å²) >= 11 is 0. The van der Waals surface area contributed by atoms with E-state index < -0.39 is 0 Å². The van der Waals surface area contributed by atoms with Crippen LogP contribution in [0.1, 0.15) is 0 Å². The summed E-state index contributed by atoms with van der Waals surface area (Å²) < 4.78 is 17.6. The van der Waals surface area contributed by atoms with E-state index in [4.69, 9.17) is 9.84 Å². The number of aliphatic hydroxyl groups is 1. The van der Waals surface area contributed by atoms with Gasteiger partial charge in [0.15, 0.2) is 0 Å². The lowest BCUT2D eigenvalue weighted by molar-refractivity contribution is 0.311. The zero-order chi connectivity index (χ0) is 9.68. The molecule has 72 valence electrons. The maximum atomic E-state index is 12.7. The third-order valence-corrected chi connectivity index (χ3v) is 1.59. The summed E-state index contributed by atoms with van der Waals surface area (Å²) in [6, 6.07) is 4.20. The standard InChI is InChI=1S/C9H12FNO2/c1-13-9-6-7(10)2-3-8(9)11-4-5-12/h2-3,6,11-12H,4-5H2,1H3. The van der Waals surface area contributed by atoms with Crippen molar-refractivity contribution in [2.75, 3.05) is 25.6 Å². The van der Waals surface area contributed by atoms with Gasteiger partial charge in [-0.15, -0.1) is 0 Å². The number of anilines is 1. The third kappa shape index (κ3) is 2.59.